The summed E-state index contributed by atoms with van der Waals surface area (Å²) in [5.74, 6) is 1.74. The minimum Gasteiger partial charge on any atom is -0.493 e. The normalized spacial score (nSPS) is 10.4. The topological polar surface area (TPSA) is 61.0 Å². The zero-order chi connectivity index (χ0) is 11.9. The number of benzene rings is 1. The van der Waals surface area contributed by atoms with E-state index in [0.717, 1.165) is 21.4 Å². The summed E-state index contributed by atoms with van der Waals surface area (Å²) in [4.78, 5) is 0. The molecule has 2 rings (SSSR count). The van der Waals surface area contributed by atoms with Gasteiger partial charge in [0.15, 0.2) is 4.34 Å². The van der Waals surface area contributed by atoms with E-state index in [2.05, 4.69) is 10.2 Å². The Hall–Kier alpha value is -1.11. The second kappa shape index (κ2) is 6.58. The van der Waals surface area contributed by atoms with Crippen molar-refractivity contribution in [2.45, 2.75) is 10.9 Å². The molecule has 0 atom stereocenters. The third-order valence-corrected chi connectivity index (χ3v) is 3.90. The monoisotopic (exact) mass is 267 g/mol. The van der Waals surface area contributed by atoms with Gasteiger partial charge in [-0.25, -0.2) is 0 Å². The van der Waals surface area contributed by atoms with Gasteiger partial charge in [0.05, 0.1) is 6.61 Å². The number of nitrogens with two attached hydrogens (primary N) is 1. The van der Waals surface area contributed by atoms with E-state index in [1.165, 1.54) is 0 Å². The van der Waals surface area contributed by atoms with Crippen LogP contribution in [0.4, 0.5) is 0 Å². The molecule has 90 valence electrons. The third kappa shape index (κ3) is 3.99. The van der Waals surface area contributed by atoms with Crippen LogP contribution in [0.2, 0.25) is 0 Å². The maximum atomic E-state index is 5.60. The van der Waals surface area contributed by atoms with Gasteiger partial charge in [-0.15, -0.1) is 10.2 Å². The molecule has 1 aromatic heterocycles. The van der Waals surface area contributed by atoms with Crippen LogP contribution in [-0.4, -0.2) is 22.6 Å². The molecule has 0 spiro atoms. The molecular weight excluding hydrogens is 254 g/mol. The second-order valence-electron chi connectivity index (χ2n) is 3.25. The summed E-state index contributed by atoms with van der Waals surface area (Å²) >= 11 is 3.20. The lowest BCUT2D eigenvalue weighted by molar-refractivity contribution is 0.344. The molecule has 0 aliphatic rings. The fraction of sp³-hybridized carbons (Fsp3) is 0.273. The lowest BCUT2D eigenvalue weighted by atomic mass is 10.2. The van der Waals surface area contributed by atoms with Gasteiger partial charge in [0.1, 0.15) is 11.3 Å². The molecule has 0 bridgehead atoms. The highest BCUT2D eigenvalue weighted by Gasteiger charge is 1.98. The number of ether oxygens (including phenoxy) is 1. The van der Waals surface area contributed by atoms with Crippen LogP contribution in [-0.2, 0) is 6.54 Å². The first-order valence-corrected chi connectivity index (χ1v) is 7.06. The highest BCUT2D eigenvalue weighted by molar-refractivity contribution is 8.01. The number of hydrogen-bond acceptors (Lipinski definition) is 6. The zero-order valence-corrected chi connectivity index (χ0v) is 10.8. The summed E-state index contributed by atoms with van der Waals surface area (Å²) in [5.41, 5.74) is 8.36. The van der Waals surface area contributed by atoms with E-state index in [1.54, 1.807) is 28.6 Å². The minimum absolute atomic E-state index is 0.563. The average Bonchev–Trinajstić information content (AvgIpc) is 2.88. The van der Waals surface area contributed by atoms with Crippen LogP contribution in [0.1, 0.15) is 5.56 Å². The Morgan fingerprint density at radius 1 is 1.29 bits per heavy atom. The fourth-order valence-corrected chi connectivity index (χ4v) is 2.61. The van der Waals surface area contributed by atoms with Crippen molar-refractivity contribution in [2.24, 2.45) is 5.73 Å². The van der Waals surface area contributed by atoms with Crippen molar-refractivity contribution < 1.29 is 4.74 Å². The van der Waals surface area contributed by atoms with Gasteiger partial charge in [-0.3, -0.25) is 0 Å². The van der Waals surface area contributed by atoms with Crippen molar-refractivity contribution in [1.29, 1.82) is 0 Å². The average molecular weight is 267 g/mol. The molecule has 17 heavy (non-hydrogen) atoms. The molecule has 0 fully saturated rings. The predicted molar refractivity (Wildman–Crippen MR) is 70.5 cm³/mol. The van der Waals surface area contributed by atoms with Crippen molar-refractivity contribution in [2.75, 3.05) is 12.4 Å². The second-order valence-corrected chi connectivity index (χ2v) is 5.42. The first kappa shape index (κ1) is 12.3. The summed E-state index contributed by atoms with van der Waals surface area (Å²) in [7, 11) is 0. The molecule has 0 aliphatic carbocycles. The molecule has 1 aromatic carbocycles. The minimum atomic E-state index is 0.563. The molecule has 2 aromatic rings. The van der Waals surface area contributed by atoms with Crippen LogP contribution in [0.15, 0.2) is 34.1 Å². The van der Waals surface area contributed by atoms with E-state index in [1.807, 2.05) is 24.3 Å². The zero-order valence-electron chi connectivity index (χ0n) is 9.20. The van der Waals surface area contributed by atoms with Crippen LogP contribution < -0.4 is 10.5 Å². The van der Waals surface area contributed by atoms with Crippen LogP contribution in [0.25, 0.3) is 0 Å². The Morgan fingerprint density at radius 3 is 2.76 bits per heavy atom. The number of aromatic nitrogens is 2. The molecule has 0 unspecified atom stereocenters. The van der Waals surface area contributed by atoms with Gasteiger partial charge >= 0.3 is 0 Å². The molecule has 0 amide bonds. The van der Waals surface area contributed by atoms with Gasteiger partial charge in [0.2, 0.25) is 0 Å². The summed E-state index contributed by atoms with van der Waals surface area (Å²) in [6.45, 7) is 1.22. The lowest BCUT2D eigenvalue weighted by Gasteiger charge is -2.05. The van der Waals surface area contributed by atoms with Gasteiger partial charge in [0.25, 0.3) is 0 Å². The quantitative estimate of drug-likeness (QED) is 0.642. The summed E-state index contributed by atoms with van der Waals surface area (Å²) in [5, 5.41) is 7.72. The van der Waals surface area contributed by atoms with Crippen molar-refractivity contribution >= 4 is 23.1 Å². The van der Waals surface area contributed by atoms with Crippen molar-refractivity contribution in [3.05, 3.63) is 35.3 Å². The van der Waals surface area contributed by atoms with Crippen molar-refractivity contribution in [3.8, 4) is 5.75 Å². The van der Waals surface area contributed by atoms with Crippen LogP contribution in [0.5, 0.6) is 5.75 Å². The maximum Gasteiger partial charge on any atom is 0.174 e. The highest BCUT2D eigenvalue weighted by atomic mass is 32.2. The van der Waals surface area contributed by atoms with Gasteiger partial charge < -0.3 is 10.5 Å². The van der Waals surface area contributed by atoms with Gasteiger partial charge in [0, 0.05) is 12.3 Å². The van der Waals surface area contributed by atoms with Crippen molar-refractivity contribution in [3.63, 3.8) is 0 Å². The molecule has 0 aliphatic heterocycles. The Morgan fingerprint density at radius 2 is 2.12 bits per heavy atom. The van der Waals surface area contributed by atoms with Gasteiger partial charge in [-0.1, -0.05) is 35.2 Å². The fourth-order valence-electron chi connectivity index (χ4n) is 1.24. The largest absolute Gasteiger partial charge is 0.493 e. The smallest absolute Gasteiger partial charge is 0.174 e. The molecular formula is C11H13N3OS2. The molecule has 6 heteroatoms. The summed E-state index contributed by atoms with van der Waals surface area (Å²) in [6.07, 6.45) is 0. The number of nitrogens with zero attached hydrogens (tertiary/aromatic N) is 2. The molecule has 4 nitrogen and oxygen atoms in total. The van der Waals surface area contributed by atoms with E-state index in [-0.39, 0.29) is 0 Å². The first-order valence-electron chi connectivity index (χ1n) is 5.19. The van der Waals surface area contributed by atoms with E-state index < -0.39 is 0 Å². The maximum absolute atomic E-state index is 5.60. The van der Waals surface area contributed by atoms with E-state index in [0.29, 0.717) is 13.2 Å². The lowest BCUT2D eigenvalue weighted by Crippen LogP contribution is -2.01. The molecule has 2 N–H and O–H groups in total. The summed E-state index contributed by atoms with van der Waals surface area (Å²) in [6, 6.07) is 7.84. The highest BCUT2D eigenvalue weighted by Crippen LogP contribution is 2.19. The molecule has 1 heterocycles. The van der Waals surface area contributed by atoms with Gasteiger partial charge in [-0.05, 0) is 17.7 Å². The van der Waals surface area contributed by atoms with E-state index in [4.69, 9.17) is 10.5 Å². The molecule has 0 saturated heterocycles. The van der Waals surface area contributed by atoms with Crippen LogP contribution >= 0.6 is 23.1 Å². The molecule has 0 radical (unpaired) electrons. The number of thioether (sulfide) groups is 1. The van der Waals surface area contributed by atoms with Gasteiger partial charge in [-0.2, -0.15) is 0 Å². The third-order valence-electron chi connectivity index (χ3n) is 2.08. The van der Waals surface area contributed by atoms with E-state index >= 15 is 0 Å². The summed E-state index contributed by atoms with van der Waals surface area (Å²) < 4.78 is 6.58. The van der Waals surface area contributed by atoms with Crippen LogP contribution in [0, 0.1) is 0 Å². The van der Waals surface area contributed by atoms with E-state index in [9.17, 15) is 0 Å². The Balaban J connectivity index is 1.70. The number of hydrogen-bond donors (Lipinski definition) is 1. The Labute approximate surface area is 108 Å². The predicted octanol–water partition coefficient (Wildman–Crippen LogP) is 2.17. The standard InChI is InChI=1S/C11H13N3OS2/c12-7-9-1-3-10(4-2-9)15-5-6-16-11-14-13-8-17-11/h1-4,8H,5-7,12H2. The number of rotatable bonds is 6. The Bertz CT molecular complexity index is 430. The van der Waals surface area contributed by atoms with Crippen LogP contribution in [0.3, 0.4) is 0 Å². The first-order chi connectivity index (χ1) is 8.38. The SMILES string of the molecule is NCc1ccc(OCCSc2nncs2)cc1. The Kier molecular flexibility index (Phi) is 4.78. The van der Waals surface area contributed by atoms with Crippen molar-refractivity contribution in [1.82, 2.24) is 10.2 Å². The molecule has 0 saturated carbocycles.